The number of hydrogen-bond donors (Lipinski definition) is 4. The predicted molar refractivity (Wildman–Crippen MR) is 160 cm³/mol. The molecular weight excluding hydrogens is 491 g/mol. The molecule has 4 fully saturated rings. The van der Waals surface area contributed by atoms with E-state index in [2.05, 4.69) is 20.8 Å². The van der Waals surface area contributed by atoms with E-state index in [1.807, 2.05) is 0 Å². The van der Waals surface area contributed by atoms with Crippen molar-refractivity contribution in [3.8, 4) is 0 Å². The number of hydrogen-bond acceptors (Lipinski definition) is 4. The average Bonchev–Trinajstić information content (AvgIpc) is 2.90. The fraction of sp³-hybridized carbons (Fsp3) is 1.00. The molecule has 222 valence electrons. The lowest BCUT2D eigenvalue weighted by Crippen LogP contribution is -2.57. The van der Waals surface area contributed by atoms with E-state index in [0.717, 1.165) is 89.9 Å². The lowest BCUT2D eigenvalue weighted by molar-refractivity contribution is 0.0272. The molecule has 0 saturated heterocycles. The van der Waals surface area contributed by atoms with Gasteiger partial charge in [0.25, 0.3) is 0 Å². The molecule has 8 unspecified atom stereocenters. The van der Waals surface area contributed by atoms with Gasteiger partial charge >= 0.3 is 0 Å². The van der Waals surface area contributed by atoms with Crippen LogP contribution < -0.4 is 0 Å². The van der Waals surface area contributed by atoms with Crippen molar-refractivity contribution in [2.24, 2.45) is 23.7 Å². The Kier molecular flexibility index (Phi) is 11.5. The second kappa shape index (κ2) is 14.0. The summed E-state index contributed by atoms with van der Waals surface area (Å²) in [6.07, 6.45) is 20.9. The second-order valence-electron chi connectivity index (χ2n) is 13.9. The molecule has 4 N–H and O–H groups in total. The Hall–Kier alpha value is 0.270. The SMILES string of the molecule is CCCP(C(CC)(C1CCCC(O)C1)C1CCCC(O)C1)C(CC)(C1CCCC(O)C1)C1CCCC(O)C1. The quantitative estimate of drug-likeness (QED) is 0.213. The summed E-state index contributed by atoms with van der Waals surface area (Å²) < 4.78 is 0. The maximum absolute atomic E-state index is 11.0. The van der Waals surface area contributed by atoms with E-state index in [-0.39, 0.29) is 34.7 Å². The molecule has 4 saturated carbocycles. The van der Waals surface area contributed by atoms with E-state index < -0.39 is 7.92 Å². The molecule has 5 heteroatoms. The highest BCUT2D eigenvalue weighted by molar-refractivity contribution is 7.61. The molecule has 38 heavy (non-hydrogen) atoms. The monoisotopic (exact) mass is 552 g/mol. The molecule has 4 aliphatic carbocycles. The molecule has 0 aromatic heterocycles. The van der Waals surface area contributed by atoms with Crippen LogP contribution in [-0.2, 0) is 0 Å². The van der Waals surface area contributed by atoms with Crippen LogP contribution in [0, 0.1) is 23.7 Å². The Morgan fingerprint density at radius 2 is 0.789 bits per heavy atom. The van der Waals surface area contributed by atoms with E-state index in [9.17, 15) is 20.4 Å². The van der Waals surface area contributed by atoms with Crippen molar-refractivity contribution in [2.45, 2.75) is 177 Å². The largest absolute Gasteiger partial charge is 0.393 e. The smallest absolute Gasteiger partial charge is 0.0543 e. The Morgan fingerprint density at radius 1 is 0.500 bits per heavy atom. The fourth-order valence-electron chi connectivity index (χ4n) is 10.6. The van der Waals surface area contributed by atoms with E-state index in [4.69, 9.17) is 0 Å². The maximum Gasteiger partial charge on any atom is 0.0543 e. The van der Waals surface area contributed by atoms with Crippen LogP contribution in [0.25, 0.3) is 0 Å². The summed E-state index contributed by atoms with van der Waals surface area (Å²) in [6, 6.07) is 0. The van der Waals surface area contributed by atoms with Crippen molar-refractivity contribution in [1.82, 2.24) is 0 Å². The molecule has 4 rings (SSSR count). The second-order valence-corrected chi connectivity index (χ2v) is 16.9. The van der Waals surface area contributed by atoms with Crippen LogP contribution in [0.5, 0.6) is 0 Å². The summed E-state index contributed by atoms with van der Waals surface area (Å²) in [7, 11) is -0.468. The zero-order chi connectivity index (χ0) is 27.3. The first-order chi connectivity index (χ1) is 18.3. The van der Waals surface area contributed by atoms with Gasteiger partial charge in [-0.3, -0.25) is 0 Å². The third-order valence-electron chi connectivity index (χ3n) is 12.0. The van der Waals surface area contributed by atoms with Gasteiger partial charge in [-0.15, -0.1) is 0 Å². The highest BCUT2D eigenvalue weighted by atomic mass is 31.1. The fourth-order valence-corrected chi connectivity index (χ4v) is 16.1. The standard InChI is InChI=1S/C33H61O4P/c1-4-19-38(32(5-2,24-11-7-15-28(34)20-24)25-12-8-16-29(35)21-25)33(6-3,26-13-9-17-30(36)22-26)27-14-10-18-31(37)23-27/h24-31,34-37H,4-23H2,1-3H3. The summed E-state index contributed by atoms with van der Waals surface area (Å²) in [4.78, 5) is 0. The lowest BCUT2D eigenvalue weighted by atomic mass is 9.66. The summed E-state index contributed by atoms with van der Waals surface area (Å²) in [6.45, 7) is 7.30. The maximum atomic E-state index is 11.0. The van der Waals surface area contributed by atoms with Gasteiger partial charge < -0.3 is 20.4 Å². The molecule has 0 aromatic rings. The molecule has 0 bridgehead atoms. The molecular formula is C33H61O4P. The van der Waals surface area contributed by atoms with Gasteiger partial charge in [0, 0.05) is 0 Å². The number of rotatable bonds is 10. The molecule has 0 amide bonds. The predicted octanol–water partition coefficient (Wildman–Crippen LogP) is 7.38. The van der Waals surface area contributed by atoms with E-state index in [0.29, 0.717) is 23.7 Å². The van der Waals surface area contributed by atoms with Gasteiger partial charge in [0.15, 0.2) is 0 Å². The van der Waals surface area contributed by atoms with Crippen LogP contribution >= 0.6 is 7.92 Å². The van der Waals surface area contributed by atoms with Crippen LogP contribution in [0.1, 0.15) is 143 Å². The number of aliphatic hydroxyl groups excluding tert-OH is 4. The van der Waals surface area contributed by atoms with Crippen molar-refractivity contribution in [3.63, 3.8) is 0 Å². The minimum Gasteiger partial charge on any atom is -0.393 e. The van der Waals surface area contributed by atoms with Crippen molar-refractivity contribution < 1.29 is 20.4 Å². The molecule has 0 radical (unpaired) electrons. The normalized spacial score (nSPS) is 41.1. The summed E-state index contributed by atoms with van der Waals surface area (Å²) in [5, 5.41) is 44.4. The third kappa shape index (κ3) is 6.21. The zero-order valence-electron chi connectivity index (χ0n) is 25.0. The zero-order valence-corrected chi connectivity index (χ0v) is 25.9. The van der Waals surface area contributed by atoms with E-state index in [1.54, 1.807) is 0 Å². The van der Waals surface area contributed by atoms with Gasteiger partial charge in [-0.25, -0.2) is 0 Å². The van der Waals surface area contributed by atoms with Gasteiger partial charge in [-0.2, -0.15) is 0 Å². The molecule has 4 nitrogen and oxygen atoms in total. The van der Waals surface area contributed by atoms with Gasteiger partial charge in [-0.1, -0.05) is 60.8 Å². The molecule has 0 aromatic carbocycles. The first-order valence-electron chi connectivity index (χ1n) is 16.8. The van der Waals surface area contributed by atoms with Crippen molar-refractivity contribution in [3.05, 3.63) is 0 Å². The van der Waals surface area contributed by atoms with Crippen LogP contribution in [0.2, 0.25) is 0 Å². The topological polar surface area (TPSA) is 80.9 Å². The summed E-state index contributed by atoms with van der Waals surface area (Å²) in [5.74, 6) is 2.10. The first-order valence-corrected chi connectivity index (χ1v) is 18.3. The minimum atomic E-state index is -0.468. The van der Waals surface area contributed by atoms with Crippen molar-refractivity contribution >= 4 is 7.92 Å². The molecule has 0 heterocycles. The Labute approximate surface area is 235 Å². The lowest BCUT2D eigenvalue weighted by Gasteiger charge is -2.64. The van der Waals surface area contributed by atoms with Gasteiger partial charge in [0.05, 0.1) is 24.4 Å². The molecule has 0 spiro atoms. The van der Waals surface area contributed by atoms with Gasteiger partial charge in [-0.05, 0) is 130 Å². The first kappa shape index (κ1) is 31.2. The summed E-state index contributed by atoms with van der Waals surface area (Å²) >= 11 is 0. The van der Waals surface area contributed by atoms with Crippen molar-refractivity contribution in [1.29, 1.82) is 0 Å². The summed E-state index contributed by atoms with van der Waals surface area (Å²) in [5.41, 5.74) is 0. The Morgan fingerprint density at radius 3 is 1.00 bits per heavy atom. The van der Waals surface area contributed by atoms with Crippen LogP contribution in [0.15, 0.2) is 0 Å². The number of aliphatic hydroxyl groups is 4. The molecule has 0 aliphatic heterocycles. The van der Waals surface area contributed by atoms with Gasteiger partial charge in [0.2, 0.25) is 0 Å². The van der Waals surface area contributed by atoms with Crippen LogP contribution in [0.3, 0.4) is 0 Å². The van der Waals surface area contributed by atoms with Gasteiger partial charge in [0.1, 0.15) is 0 Å². The van der Waals surface area contributed by atoms with E-state index in [1.165, 1.54) is 38.3 Å². The minimum absolute atomic E-state index is 0.162. The van der Waals surface area contributed by atoms with Crippen LogP contribution in [0.4, 0.5) is 0 Å². The molecule has 8 atom stereocenters. The Bertz CT molecular complexity index is 615. The molecule has 4 aliphatic rings. The Balaban J connectivity index is 1.90. The highest BCUT2D eigenvalue weighted by Gasteiger charge is 2.60. The third-order valence-corrected chi connectivity index (χ3v) is 17.0. The average molecular weight is 553 g/mol. The van der Waals surface area contributed by atoms with Crippen LogP contribution in [-0.4, -0.2) is 61.3 Å². The highest BCUT2D eigenvalue weighted by Crippen LogP contribution is 2.76. The van der Waals surface area contributed by atoms with E-state index >= 15 is 0 Å². The van der Waals surface area contributed by atoms with Crippen molar-refractivity contribution in [2.75, 3.05) is 6.16 Å².